The number of carbonyl (C=O) groups is 3. The number of nitrogens with zero attached hydrogens (tertiary/aromatic N) is 4. The monoisotopic (exact) mass is 534 g/mol. The predicted molar refractivity (Wildman–Crippen MR) is 131 cm³/mol. The van der Waals surface area contributed by atoms with Gasteiger partial charge in [0.1, 0.15) is 6.04 Å². The Labute approximate surface area is 212 Å². The van der Waals surface area contributed by atoms with E-state index in [0.29, 0.717) is 10.6 Å². The van der Waals surface area contributed by atoms with Crippen LogP contribution in [-0.2, 0) is 15.1 Å². The first kappa shape index (κ1) is 25.6. The maximum absolute atomic E-state index is 13.0. The number of rotatable bonds is 7. The van der Waals surface area contributed by atoms with Crippen LogP contribution in [0, 0.1) is 0 Å². The molecule has 2 aromatic carbocycles. The van der Waals surface area contributed by atoms with Gasteiger partial charge in [0.2, 0.25) is 5.91 Å². The van der Waals surface area contributed by atoms with Crippen LogP contribution in [0.15, 0.2) is 59.7 Å². The second-order valence-electron chi connectivity index (χ2n) is 8.15. The van der Waals surface area contributed by atoms with Gasteiger partial charge in [-0.25, -0.2) is 19.5 Å². The smallest absolute Gasteiger partial charge is 0.348 e. The minimum absolute atomic E-state index is 0.0672. The molecule has 0 spiro atoms. The van der Waals surface area contributed by atoms with E-state index >= 15 is 0 Å². The van der Waals surface area contributed by atoms with E-state index in [1.54, 1.807) is 54.6 Å². The predicted octanol–water partition coefficient (Wildman–Crippen LogP) is 1.47. The van der Waals surface area contributed by atoms with Gasteiger partial charge in [0.15, 0.2) is 0 Å². The lowest BCUT2D eigenvalue weighted by Gasteiger charge is -2.37. The van der Waals surface area contributed by atoms with Gasteiger partial charge < -0.3 is 10.6 Å². The van der Waals surface area contributed by atoms with E-state index in [-0.39, 0.29) is 26.2 Å². The molecule has 1 atom stereocenters. The highest BCUT2D eigenvalue weighted by Crippen LogP contribution is 2.18. The van der Waals surface area contributed by atoms with Gasteiger partial charge in [0.05, 0.1) is 25.3 Å². The zero-order chi connectivity index (χ0) is 25.9. The van der Waals surface area contributed by atoms with Gasteiger partial charge in [-0.2, -0.15) is 17.8 Å². The summed E-state index contributed by atoms with van der Waals surface area (Å²) in [6.07, 6.45) is 1.48. The molecule has 0 aliphatic carbocycles. The third-order valence-electron chi connectivity index (χ3n) is 5.63. The Morgan fingerprint density at radius 1 is 1.08 bits per heavy atom. The number of hydrazone groups is 1. The second-order valence-corrected chi connectivity index (χ2v) is 10.00. The van der Waals surface area contributed by atoms with Crippen LogP contribution in [0.1, 0.15) is 17.2 Å². The molecule has 2 aliphatic rings. The lowest BCUT2D eigenvalue weighted by Crippen LogP contribution is -2.62. The molecule has 14 heteroatoms. The molecule has 36 heavy (non-hydrogen) atoms. The zero-order valence-electron chi connectivity index (χ0n) is 18.8. The standard InChI is InChI=1S/C22H23ClN6O6S/c23-17-8-6-15(7-9-17)12-24-29-11-10-28(22(29)32)21(31)26-19(16-4-2-1-3-5-16)20(30)25-18-13-27(14-18)36(33,34)35/h1-9,12,18-19H,10-11,13-14H2,(H,25,30)(H,26,31)(H,33,34,35). The van der Waals surface area contributed by atoms with Crippen LogP contribution in [0.4, 0.5) is 9.59 Å². The summed E-state index contributed by atoms with van der Waals surface area (Å²) in [6.45, 7) is 0.0558. The van der Waals surface area contributed by atoms with Crippen molar-refractivity contribution in [1.82, 2.24) is 24.8 Å². The van der Waals surface area contributed by atoms with E-state index in [1.807, 2.05) is 0 Å². The third-order valence-corrected chi connectivity index (χ3v) is 6.83. The lowest BCUT2D eigenvalue weighted by atomic mass is 10.0. The van der Waals surface area contributed by atoms with Crippen molar-refractivity contribution in [2.24, 2.45) is 5.10 Å². The van der Waals surface area contributed by atoms with E-state index in [2.05, 4.69) is 15.7 Å². The summed E-state index contributed by atoms with van der Waals surface area (Å²) in [4.78, 5) is 39.6. The number of halogens is 1. The van der Waals surface area contributed by atoms with Crippen molar-refractivity contribution in [2.75, 3.05) is 26.2 Å². The highest BCUT2D eigenvalue weighted by molar-refractivity contribution is 7.83. The summed E-state index contributed by atoms with van der Waals surface area (Å²) in [5, 5.41) is 11.1. The molecule has 4 rings (SSSR count). The first-order valence-corrected chi connectivity index (χ1v) is 12.7. The topological polar surface area (TPSA) is 152 Å². The Morgan fingerprint density at radius 2 is 1.75 bits per heavy atom. The number of urea groups is 2. The Hall–Kier alpha value is -3.52. The molecule has 3 N–H and O–H groups in total. The second kappa shape index (κ2) is 10.6. The van der Waals surface area contributed by atoms with Gasteiger partial charge in [0.25, 0.3) is 0 Å². The molecule has 2 saturated heterocycles. The molecule has 0 saturated carbocycles. The minimum atomic E-state index is -4.33. The highest BCUT2D eigenvalue weighted by atomic mass is 35.5. The molecular formula is C22H23ClN6O6S. The van der Waals surface area contributed by atoms with Crippen molar-refractivity contribution in [3.63, 3.8) is 0 Å². The van der Waals surface area contributed by atoms with Gasteiger partial charge in [-0.05, 0) is 23.3 Å². The summed E-state index contributed by atoms with van der Waals surface area (Å²) < 4.78 is 32.1. The van der Waals surface area contributed by atoms with Crippen molar-refractivity contribution in [2.45, 2.75) is 12.1 Å². The van der Waals surface area contributed by atoms with Gasteiger partial charge >= 0.3 is 22.4 Å². The Bertz CT molecular complexity index is 1270. The van der Waals surface area contributed by atoms with Crippen LogP contribution in [0.3, 0.4) is 0 Å². The van der Waals surface area contributed by atoms with Crippen LogP contribution < -0.4 is 10.6 Å². The highest BCUT2D eigenvalue weighted by Gasteiger charge is 2.39. The largest absolute Gasteiger partial charge is 0.349 e. The lowest BCUT2D eigenvalue weighted by molar-refractivity contribution is -0.124. The zero-order valence-corrected chi connectivity index (χ0v) is 20.4. The van der Waals surface area contributed by atoms with Crippen molar-refractivity contribution in [3.8, 4) is 0 Å². The Balaban J connectivity index is 1.40. The Morgan fingerprint density at radius 3 is 2.39 bits per heavy atom. The molecule has 1 unspecified atom stereocenters. The fourth-order valence-corrected chi connectivity index (χ4v) is 4.52. The SMILES string of the molecule is O=C(NC1CN(S(=O)(=O)O)C1)C(NC(=O)N1CCN(N=Cc2ccc(Cl)cc2)C1=O)c1ccccc1. The number of imide groups is 1. The summed E-state index contributed by atoms with van der Waals surface area (Å²) >= 11 is 5.86. The fraction of sp³-hybridized carbons (Fsp3) is 0.273. The molecule has 2 aliphatic heterocycles. The molecule has 2 fully saturated rings. The van der Waals surface area contributed by atoms with Crippen molar-refractivity contribution in [1.29, 1.82) is 0 Å². The van der Waals surface area contributed by atoms with Gasteiger partial charge in [-0.3, -0.25) is 9.35 Å². The van der Waals surface area contributed by atoms with Gasteiger partial charge in [-0.15, -0.1) is 0 Å². The maximum Gasteiger partial charge on any atom is 0.348 e. The summed E-state index contributed by atoms with van der Waals surface area (Å²) in [6, 6.07) is 12.2. The third kappa shape index (κ3) is 5.99. The summed E-state index contributed by atoms with van der Waals surface area (Å²) in [7, 11) is -4.33. The van der Waals surface area contributed by atoms with Crippen LogP contribution in [0.25, 0.3) is 0 Å². The minimum Gasteiger partial charge on any atom is -0.349 e. The van der Waals surface area contributed by atoms with E-state index in [1.165, 1.54) is 6.21 Å². The van der Waals surface area contributed by atoms with E-state index in [0.717, 1.165) is 19.8 Å². The Kier molecular flexibility index (Phi) is 7.54. The first-order chi connectivity index (χ1) is 17.1. The number of carbonyl (C=O) groups excluding carboxylic acids is 3. The molecular weight excluding hydrogens is 512 g/mol. The molecule has 0 aromatic heterocycles. The van der Waals surface area contributed by atoms with Gasteiger partial charge in [-0.1, -0.05) is 54.1 Å². The molecule has 190 valence electrons. The summed E-state index contributed by atoms with van der Waals surface area (Å²) in [5.41, 5.74) is 1.19. The number of hydrogen-bond acceptors (Lipinski definition) is 6. The number of hydrogen-bond donors (Lipinski definition) is 3. The molecule has 2 aromatic rings. The normalized spacial score (nSPS) is 17.8. The van der Waals surface area contributed by atoms with Crippen LogP contribution in [0.5, 0.6) is 0 Å². The number of amides is 5. The quantitative estimate of drug-likeness (QED) is 0.361. The molecule has 5 amide bonds. The average molecular weight is 535 g/mol. The fourth-order valence-electron chi connectivity index (χ4n) is 3.66. The first-order valence-electron chi connectivity index (χ1n) is 10.9. The molecule has 12 nitrogen and oxygen atoms in total. The van der Waals surface area contributed by atoms with Crippen LogP contribution >= 0.6 is 11.6 Å². The number of nitrogens with one attached hydrogen (secondary N) is 2. The number of benzene rings is 2. The summed E-state index contributed by atoms with van der Waals surface area (Å²) in [5.74, 6) is -0.584. The molecule has 2 heterocycles. The van der Waals surface area contributed by atoms with Crippen molar-refractivity contribution >= 4 is 46.1 Å². The van der Waals surface area contributed by atoms with Gasteiger partial charge in [0, 0.05) is 18.1 Å². The van der Waals surface area contributed by atoms with Crippen LogP contribution in [-0.4, -0.2) is 83.6 Å². The van der Waals surface area contributed by atoms with E-state index < -0.39 is 40.4 Å². The molecule has 0 bridgehead atoms. The molecule has 0 radical (unpaired) electrons. The van der Waals surface area contributed by atoms with E-state index in [9.17, 15) is 22.8 Å². The van der Waals surface area contributed by atoms with Crippen molar-refractivity contribution < 1.29 is 27.4 Å². The van der Waals surface area contributed by atoms with Crippen LogP contribution in [0.2, 0.25) is 5.02 Å². The van der Waals surface area contributed by atoms with Crippen molar-refractivity contribution in [3.05, 3.63) is 70.7 Å². The average Bonchev–Trinajstić information content (AvgIpc) is 3.19. The maximum atomic E-state index is 13.0. The van der Waals surface area contributed by atoms with E-state index in [4.69, 9.17) is 16.2 Å².